The highest BCUT2D eigenvalue weighted by Crippen LogP contribution is 2.22. The van der Waals surface area contributed by atoms with Crippen LogP contribution >= 0.6 is 27.3 Å². The topological polar surface area (TPSA) is 66.9 Å². The zero-order valence-electron chi connectivity index (χ0n) is 19.3. The van der Waals surface area contributed by atoms with E-state index in [0.717, 1.165) is 20.5 Å². The van der Waals surface area contributed by atoms with E-state index in [2.05, 4.69) is 15.9 Å². The van der Waals surface area contributed by atoms with Gasteiger partial charge in [0.1, 0.15) is 0 Å². The number of nitrogens with zero attached hydrogens (tertiary/aromatic N) is 2. The van der Waals surface area contributed by atoms with E-state index in [1.165, 1.54) is 4.31 Å². The van der Waals surface area contributed by atoms with Crippen molar-refractivity contribution >= 4 is 43.2 Å². The molecule has 34 heavy (non-hydrogen) atoms. The van der Waals surface area contributed by atoms with E-state index in [4.69, 9.17) is 4.74 Å². The number of hydrogen-bond donors (Lipinski definition) is 0. The summed E-state index contributed by atoms with van der Waals surface area (Å²) in [5.74, 6) is -0.241. The lowest BCUT2D eigenvalue weighted by molar-refractivity contribution is -0.132. The molecular weight excluding hydrogens is 536 g/mol. The van der Waals surface area contributed by atoms with Crippen molar-refractivity contribution in [3.63, 3.8) is 0 Å². The predicted octanol–water partition coefficient (Wildman–Crippen LogP) is 5.08. The van der Waals surface area contributed by atoms with E-state index in [9.17, 15) is 13.2 Å². The third-order valence-electron chi connectivity index (χ3n) is 5.39. The van der Waals surface area contributed by atoms with Crippen molar-refractivity contribution in [1.82, 2.24) is 9.21 Å². The lowest BCUT2D eigenvalue weighted by atomic mass is 10.2. The summed E-state index contributed by atoms with van der Waals surface area (Å²) in [6.45, 7) is 3.21. The molecule has 0 saturated heterocycles. The van der Waals surface area contributed by atoms with Crippen LogP contribution in [0.4, 0.5) is 0 Å². The fourth-order valence-electron chi connectivity index (χ4n) is 3.45. The predicted molar refractivity (Wildman–Crippen MR) is 139 cm³/mol. The zero-order valence-corrected chi connectivity index (χ0v) is 22.5. The molecule has 0 spiro atoms. The van der Waals surface area contributed by atoms with Gasteiger partial charge in [0.15, 0.2) is 0 Å². The van der Waals surface area contributed by atoms with Crippen LogP contribution < -0.4 is 0 Å². The summed E-state index contributed by atoms with van der Waals surface area (Å²) in [5.41, 5.74) is 2.11. The van der Waals surface area contributed by atoms with Gasteiger partial charge in [-0.05, 0) is 60.2 Å². The molecule has 0 aliphatic rings. The molecule has 1 aromatic heterocycles. The number of hydrogen-bond acceptors (Lipinski definition) is 5. The number of carbonyl (C=O) groups excluding carboxylic acids is 1. The smallest absolute Gasteiger partial charge is 0.243 e. The first-order valence-electron chi connectivity index (χ1n) is 10.9. The Bertz CT molecular complexity index is 1170. The van der Waals surface area contributed by atoms with Gasteiger partial charge >= 0.3 is 0 Å². The summed E-state index contributed by atoms with van der Waals surface area (Å²) >= 11 is 4.94. The molecule has 0 unspecified atom stereocenters. The Hall–Kier alpha value is -2.04. The summed E-state index contributed by atoms with van der Waals surface area (Å²) in [6.07, 6.45) is 0.488. The molecule has 2 aromatic carbocycles. The van der Waals surface area contributed by atoms with Crippen molar-refractivity contribution in [2.75, 3.05) is 26.8 Å². The number of thiophene rings is 1. The standard InChI is InChI=1S/C25H29BrN2O4S2/c1-20-13-16-33-24(20)18-27(17-21-7-4-3-5-8-21)25(29)19-28(14-6-15-32-2)34(30,31)23-11-9-22(26)10-12-23/h3-5,7-13,16H,6,14-15,17-19H2,1-2H3. The van der Waals surface area contributed by atoms with Crippen LogP contribution in [0, 0.1) is 6.92 Å². The van der Waals surface area contributed by atoms with Gasteiger partial charge < -0.3 is 9.64 Å². The fraction of sp³-hybridized carbons (Fsp3) is 0.320. The normalized spacial score (nSPS) is 11.6. The first-order valence-corrected chi connectivity index (χ1v) is 14.0. The largest absolute Gasteiger partial charge is 0.385 e. The first kappa shape index (κ1) is 26.6. The minimum absolute atomic E-state index is 0.157. The van der Waals surface area contributed by atoms with Gasteiger partial charge in [0.2, 0.25) is 15.9 Å². The summed E-state index contributed by atoms with van der Waals surface area (Å²) in [7, 11) is -2.28. The van der Waals surface area contributed by atoms with Gasteiger partial charge in [-0.3, -0.25) is 4.79 Å². The third-order valence-corrected chi connectivity index (χ3v) is 8.79. The molecule has 1 heterocycles. The van der Waals surface area contributed by atoms with Crippen molar-refractivity contribution in [2.24, 2.45) is 0 Å². The Morgan fingerprint density at radius 1 is 1.03 bits per heavy atom. The number of methoxy groups -OCH3 is 1. The summed E-state index contributed by atoms with van der Waals surface area (Å²) in [6, 6.07) is 18.2. The SMILES string of the molecule is COCCCN(CC(=O)N(Cc1ccccc1)Cc1sccc1C)S(=O)(=O)c1ccc(Br)cc1. The molecule has 0 radical (unpaired) electrons. The Balaban J connectivity index is 1.86. The maximum atomic E-state index is 13.5. The number of amides is 1. The second-order valence-electron chi connectivity index (χ2n) is 7.90. The molecule has 0 aliphatic heterocycles. The summed E-state index contributed by atoms with van der Waals surface area (Å²) in [5, 5.41) is 2.00. The van der Waals surface area contributed by atoms with Crippen molar-refractivity contribution in [2.45, 2.75) is 31.3 Å². The molecule has 3 aromatic rings. The molecule has 3 rings (SSSR count). The minimum Gasteiger partial charge on any atom is -0.385 e. The van der Waals surface area contributed by atoms with Crippen LogP contribution in [0.1, 0.15) is 22.4 Å². The van der Waals surface area contributed by atoms with E-state index in [0.29, 0.717) is 26.1 Å². The molecule has 9 heteroatoms. The molecule has 0 bridgehead atoms. The average Bonchev–Trinajstić information content (AvgIpc) is 3.23. The van der Waals surface area contributed by atoms with E-state index in [1.807, 2.05) is 48.7 Å². The quantitative estimate of drug-likeness (QED) is 0.288. The Morgan fingerprint density at radius 2 is 1.74 bits per heavy atom. The number of halogens is 1. The van der Waals surface area contributed by atoms with Crippen molar-refractivity contribution in [3.05, 3.63) is 86.5 Å². The molecule has 1 amide bonds. The van der Waals surface area contributed by atoms with Crippen LogP contribution in [0.3, 0.4) is 0 Å². The highest BCUT2D eigenvalue weighted by Gasteiger charge is 2.28. The van der Waals surface area contributed by atoms with Crippen LogP contribution in [-0.2, 0) is 32.6 Å². The van der Waals surface area contributed by atoms with Crippen LogP contribution in [-0.4, -0.2) is 50.3 Å². The lowest BCUT2D eigenvalue weighted by Gasteiger charge is -2.27. The van der Waals surface area contributed by atoms with Gasteiger partial charge in [0, 0.05) is 36.2 Å². The summed E-state index contributed by atoms with van der Waals surface area (Å²) in [4.78, 5) is 16.5. The maximum Gasteiger partial charge on any atom is 0.243 e. The fourth-order valence-corrected chi connectivity index (χ4v) is 6.06. The second kappa shape index (κ2) is 12.6. The summed E-state index contributed by atoms with van der Waals surface area (Å²) < 4.78 is 34.0. The van der Waals surface area contributed by atoms with Gasteiger partial charge in [0.05, 0.1) is 18.0 Å². The molecular formula is C25H29BrN2O4S2. The van der Waals surface area contributed by atoms with Crippen LogP contribution in [0.15, 0.2) is 75.4 Å². The van der Waals surface area contributed by atoms with Crippen molar-refractivity contribution < 1.29 is 17.9 Å². The first-order chi connectivity index (χ1) is 16.3. The van der Waals surface area contributed by atoms with E-state index >= 15 is 0 Å². The second-order valence-corrected chi connectivity index (χ2v) is 11.8. The van der Waals surface area contributed by atoms with E-state index < -0.39 is 10.0 Å². The monoisotopic (exact) mass is 564 g/mol. The number of aryl methyl sites for hydroxylation is 1. The van der Waals surface area contributed by atoms with Crippen LogP contribution in [0.2, 0.25) is 0 Å². The minimum atomic E-state index is -3.86. The number of rotatable bonds is 12. The molecule has 0 atom stereocenters. The zero-order chi connectivity index (χ0) is 24.6. The van der Waals surface area contributed by atoms with Crippen LogP contribution in [0.5, 0.6) is 0 Å². The Morgan fingerprint density at radius 3 is 2.35 bits per heavy atom. The third kappa shape index (κ3) is 7.23. The molecule has 6 nitrogen and oxygen atoms in total. The number of ether oxygens (including phenoxy) is 1. The van der Waals surface area contributed by atoms with Gasteiger partial charge in [-0.1, -0.05) is 46.3 Å². The van der Waals surface area contributed by atoms with Gasteiger partial charge in [-0.25, -0.2) is 8.42 Å². The molecule has 0 N–H and O–H groups in total. The Kier molecular flexibility index (Phi) is 9.85. The molecule has 0 saturated carbocycles. The van der Waals surface area contributed by atoms with E-state index in [-0.39, 0.29) is 23.9 Å². The number of sulfonamides is 1. The maximum absolute atomic E-state index is 13.5. The number of benzene rings is 2. The Labute approximate surface area is 214 Å². The lowest BCUT2D eigenvalue weighted by Crippen LogP contribution is -2.43. The molecule has 0 aliphatic carbocycles. The van der Waals surface area contributed by atoms with E-state index in [1.54, 1.807) is 47.6 Å². The van der Waals surface area contributed by atoms with Gasteiger partial charge in [-0.15, -0.1) is 11.3 Å². The average molecular weight is 566 g/mol. The highest BCUT2D eigenvalue weighted by atomic mass is 79.9. The highest BCUT2D eigenvalue weighted by molar-refractivity contribution is 9.10. The molecule has 182 valence electrons. The van der Waals surface area contributed by atoms with Gasteiger partial charge in [0.25, 0.3) is 0 Å². The molecule has 0 fully saturated rings. The number of carbonyl (C=O) groups is 1. The van der Waals surface area contributed by atoms with Crippen molar-refractivity contribution in [3.8, 4) is 0 Å². The van der Waals surface area contributed by atoms with Crippen molar-refractivity contribution in [1.29, 1.82) is 0 Å². The van der Waals surface area contributed by atoms with Gasteiger partial charge in [-0.2, -0.15) is 4.31 Å². The van der Waals surface area contributed by atoms with Crippen LogP contribution in [0.25, 0.3) is 0 Å².